The molecule has 3 N–H and O–H groups in total. The largest absolute Gasteiger partial charge is 0.397 e. The molecule has 1 aromatic carbocycles. The molecule has 0 heterocycles. The van der Waals surface area contributed by atoms with Crippen molar-refractivity contribution in [3.8, 4) is 0 Å². The number of rotatable bonds is 5. The lowest BCUT2D eigenvalue weighted by Crippen LogP contribution is -2.32. The Bertz CT molecular complexity index is 490. The minimum absolute atomic E-state index is 0.151. The van der Waals surface area contributed by atoms with Gasteiger partial charge in [-0.3, -0.25) is 0 Å². The molecule has 0 aliphatic rings. The first-order valence-electron chi connectivity index (χ1n) is 5.05. The molecule has 1 aromatic rings. The maximum atomic E-state index is 12.1. The molecular weight excluding hydrogens is 262 g/mol. The summed E-state index contributed by atoms with van der Waals surface area (Å²) in [5.41, 5.74) is 5.85. The predicted octanol–water partition coefficient (Wildman–Crippen LogP) is 0.762. The number of nitrogens with two attached hydrogens (primary N) is 1. The van der Waals surface area contributed by atoms with E-state index in [2.05, 4.69) is 5.32 Å². The number of sulfonamides is 1. The van der Waals surface area contributed by atoms with E-state index >= 15 is 0 Å². The second-order valence-electron chi connectivity index (χ2n) is 3.61. The summed E-state index contributed by atoms with van der Waals surface area (Å²) in [6.07, 6.45) is 0. The third-order valence-electron chi connectivity index (χ3n) is 2.35. The van der Waals surface area contributed by atoms with Crippen molar-refractivity contribution in [2.24, 2.45) is 0 Å². The molecule has 7 heteroatoms. The summed E-state index contributed by atoms with van der Waals surface area (Å²) in [7, 11) is -0.206. The second-order valence-corrected chi connectivity index (χ2v) is 6.07. The molecule has 1 rings (SSSR count). The van der Waals surface area contributed by atoms with E-state index in [1.54, 1.807) is 7.05 Å². The Morgan fingerprint density at radius 3 is 2.65 bits per heavy atom. The smallest absolute Gasteiger partial charge is 0.242 e. The number of likely N-dealkylation sites (N-methyl/N-ethyl adjacent to an activating group) is 2. The van der Waals surface area contributed by atoms with Gasteiger partial charge in [0.15, 0.2) is 0 Å². The highest BCUT2D eigenvalue weighted by atomic mass is 35.5. The fourth-order valence-electron chi connectivity index (χ4n) is 1.25. The van der Waals surface area contributed by atoms with Crippen LogP contribution in [-0.4, -0.2) is 39.9 Å². The third-order valence-corrected chi connectivity index (χ3v) is 4.55. The lowest BCUT2D eigenvalue weighted by molar-refractivity contribution is 0.466. The zero-order chi connectivity index (χ0) is 13.1. The van der Waals surface area contributed by atoms with Crippen molar-refractivity contribution >= 4 is 27.3 Å². The lowest BCUT2D eigenvalue weighted by Gasteiger charge is -2.17. The molecule has 96 valence electrons. The molecule has 0 bridgehead atoms. The van der Waals surface area contributed by atoms with E-state index in [1.807, 2.05) is 0 Å². The van der Waals surface area contributed by atoms with Crippen LogP contribution in [0.5, 0.6) is 0 Å². The average molecular weight is 278 g/mol. The van der Waals surface area contributed by atoms with E-state index in [-0.39, 0.29) is 10.6 Å². The molecule has 0 unspecified atom stereocenters. The number of benzene rings is 1. The number of hydrogen-bond acceptors (Lipinski definition) is 4. The van der Waals surface area contributed by atoms with Gasteiger partial charge in [0.05, 0.1) is 15.6 Å². The Balaban J connectivity index is 3.00. The van der Waals surface area contributed by atoms with Crippen molar-refractivity contribution in [2.75, 3.05) is 32.9 Å². The summed E-state index contributed by atoms with van der Waals surface area (Å²) in [6, 6.07) is 4.30. The van der Waals surface area contributed by atoms with Crippen LogP contribution in [0.3, 0.4) is 0 Å². The number of nitrogens with zero attached hydrogens (tertiary/aromatic N) is 1. The Labute approximate surface area is 107 Å². The van der Waals surface area contributed by atoms with Gasteiger partial charge in [0.25, 0.3) is 0 Å². The van der Waals surface area contributed by atoms with Gasteiger partial charge in [-0.05, 0) is 25.2 Å². The van der Waals surface area contributed by atoms with Crippen LogP contribution in [0.1, 0.15) is 0 Å². The van der Waals surface area contributed by atoms with Crippen molar-refractivity contribution < 1.29 is 8.42 Å². The lowest BCUT2D eigenvalue weighted by atomic mass is 10.3. The van der Waals surface area contributed by atoms with Gasteiger partial charge in [-0.15, -0.1) is 0 Å². The van der Waals surface area contributed by atoms with E-state index in [1.165, 1.54) is 29.6 Å². The predicted molar refractivity (Wildman–Crippen MR) is 69.6 cm³/mol. The van der Waals surface area contributed by atoms with Crippen molar-refractivity contribution in [3.05, 3.63) is 23.2 Å². The first-order valence-corrected chi connectivity index (χ1v) is 6.87. The maximum Gasteiger partial charge on any atom is 0.242 e. The van der Waals surface area contributed by atoms with Crippen LogP contribution in [0.25, 0.3) is 0 Å². The summed E-state index contributed by atoms with van der Waals surface area (Å²) in [5.74, 6) is 0. The van der Waals surface area contributed by atoms with Crippen molar-refractivity contribution in [1.29, 1.82) is 0 Å². The molecule has 0 aliphatic heterocycles. The van der Waals surface area contributed by atoms with Gasteiger partial charge >= 0.3 is 0 Å². The summed E-state index contributed by atoms with van der Waals surface area (Å²) in [4.78, 5) is 0.151. The number of halogens is 1. The van der Waals surface area contributed by atoms with Crippen LogP contribution in [0.2, 0.25) is 5.02 Å². The van der Waals surface area contributed by atoms with Crippen LogP contribution < -0.4 is 11.1 Å². The molecule has 5 nitrogen and oxygen atoms in total. The molecule has 0 aliphatic carbocycles. The molecule has 0 aromatic heterocycles. The van der Waals surface area contributed by atoms with Crippen molar-refractivity contribution in [1.82, 2.24) is 9.62 Å². The maximum absolute atomic E-state index is 12.1. The Kier molecular flexibility index (Phi) is 4.76. The van der Waals surface area contributed by atoms with Gasteiger partial charge in [0, 0.05) is 20.1 Å². The van der Waals surface area contributed by atoms with E-state index < -0.39 is 10.0 Å². The zero-order valence-corrected chi connectivity index (χ0v) is 11.3. The average Bonchev–Trinajstić information content (AvgIpc) is 2.29. The van der Waals surface area contributed by atoms with Gasteiger partial charge in [-0.1, -0.05) is 11.6 Å². The monoisotopic (exact) mass is 277 g/mol. The van der Waals surface area contributed by atoms with E-state index in [0.717, 1.165) is 0 Å². The molecule has 0 atom stereocenters. The molecule has 0 fully saturated rings. The molecule has 0 saturated carbocycles. The van der Waals surface area contributed by atoms with Gasteiger partial charge in [-0.2, -0.15) is 4.31 Å². The van der Waals surface area contributed by atoms with Gasteiger partial charge in [0.2, 0.25) is 10.0 Å². The quantitative estimate of drug-likeness (QED) is 0.780. The molecule has 0 spiro atoms. The van der Waals surface area contributed by atoms with Crippen LogP contribution >= 0.6 is 11.6 Å². The summed E-state index contributed by atoms with van der Waals surface area (Å²) in [6.45, 7) is 0.972. The summed E-state index contributed by atoms with van der Waals surface area (Å²) >= 11 is 5.75. The highest BCUT2D eigenvalue weighted by molar-refractivity contribution is 7.89. The molecule has 0 saturated heterocycles. The number of nitrogen functional groups attached to an aromatic ring is 1. The van der Waals surface area contributed by atoms with E-state index in [0.29, 0.717) is 18.1 Å². The fraction of sp³-hybridized carbons (Fsp3) is 0.400. The summed E-state index contributed by atoms with van der Waals surface area (Å²) < 4.78 is 25.5. The minimum Gasteiger partial charge on any atom is -0.397 e. The minimum atomic E-state index is -3.50. The van der Waals surface area contributed by atoms with E-state index in [4.69, 9.17) is 17.3 Å². The Morgan fingerprint density at radius 2 is 2.12 bits per heavy atom. The first kappa shape index (κ1) is 14.2. The van der Waals surface area contributed by atoms with Crippen LogP contribution in [-0.2, 0) is 10.0 Å². The zero-order valence-electron chi connectivity index (χ0n) is 9.77. The molecular formula is C10H16ClN3O2S. The first-order chi connectivity index (χ1) is 7.89. The fourth-order valence-corrected chi connectivity index (χ4v) is 2.58. The molecule has 0 amide bonds. The van der Waals surface area contributed by atoms with Crippen LogP contribution in [0.15, 0.2) is 23.1 Å². The Hall–Kier alpha value is -0.820. The highest BCUT2D eigenvalue weighted by Crippen LogP contribution is 2.23. The van der Waals surface area contributed by atoms with Crippen molar-refractivity contribution in [2.45, 2.75) is 4.90 Å². The Morgan fingerprint density at radius 1 is 1.47 bits per heavy atom. The van der Waals surface area contributed by atoms with Crippen LogP contribution in [0.4, 0.5) is 5.69 Å². The third kappa shape index (κ3) is 3.32. The van der Waals surface area contributed by atoms with E-state index in [9.17, 15) is 8.42 Å². The highest BCUT2D eigenvalue weighted by Gasteiger charge is 2.20. The van der Waals surface area contributed by atoms with Crippen molar-refractivity contribution in [3.63, 3.8) is 0 Å². The topological polar surface area (TPSA) is 75.4 Å². The van der Waals surface area contributed by atoms with Crippen LogP contribution in [0, 0.1) is 0 Å². The SMILES string of the molecule is CNCCN(C)S(=O)(=O)c1ccc(Cl)c(N)c1. The number of hydrogen-bond donors (Lipinski definition) is 2. The standard InChI is InChI=1S/C10H16ClN3O2S/c1-13-5-6-14(2)17(15,16)8-3-4-9(11)10(12)7-8/h3-4,7,13H,5-6,12H2,1-2H3. The van der Waals surface area contributed by atoms with Gasteiger partial charge in [-0.25, -0.2) is 8.42 Å². The summed E-state index contributed by atoms with van der Waals surface area (Å²) in [5, 5.41) is 3.24. The number of anilines is 1. The number of nitrogens with one attached hydrogen (secondary N) is 1. The second kappa shape index (κ2) is 5.68. The molecule has 0 radical (unpaired) electrons. The normalized spacial score (nSPS) is 12.0. The van der Waals surface area contributed by atoms with Gasteiger partial charge in [0.1, 0.15) is 0 Å². The van der Waals surface area contributed by atoms with Gasteiger partial charge < -0.3 is 11.1 Å². The molecule has 17 heavy (non-hydrogen) atoms.